The summed E-state index contributed by atoms with van der Waals surface area (Å²) < 4.78 is 5.11. The second-order valence-corrected chi connectivity index (χ2v) is 6.26. The van der Waals surface area contributed by atoms with Gasteiger partial charge in [-0.3, -0.25) is 9.79 Å². The number of thioether (sulfide) groups is 1. The Morgan fingerprint density at radius 2 is 2.18 bits per heavy atom. The van der Waals surface area contributed by atoms with Crippen LogP contribution in [0.1, 0.15) is 26.7 Å². The fourth-order valence-electron chi connectivity index (χ4n) is 2.40. The van der Waals surface area contributed by atoms with Gasteiger partial charge in [0.15, 0.2) is 5.96 Å². The molecule has 22 heavy (non-hydrogen) atoms. The highest BCUT2D eigenvalue weighted by atomic mass is 32.2. The van der Waals surface area contributed by atoms with Crippen molar-refractivity contribution in [2.45, 2.75) is 26.7 Å². The average Bonchev–Trinajstić information content (AvgIpc) is 2.54. The van der Waals surface area contributed by atoms with Crippen LogP contribution in [0.3, 0.4) is 0 Å². The number of carbonyl (C=O) groups is 1. The molecule has 1 aliphatic heterocycles. The molecule has 6 heteroatoms. The minimum Gasteiger partial charge on any atom is -0.466 e. The Morgan fingerprint density at radius 3 is 2.77 bits per heavy atom. The van der Waals surface area contributed by atoms with Crippen molar-refractivity contribution in [3.05, 3.63) is 12.7 Å². The van der Waals surface area contributed by atoms with Crippen molar-refractivity contribution < 1.29 is 9.53 Å². The van der Waals surface area contributed by atoms with Crippen molar-refractivity contribution in [2.24, 2.45) is 10.9 Å². The van der Waals surface area contributed by atoms with Crippen LogP contribution in [0.4, 0.5) is 0 Å². The van der Waals surface area contributed by atoms with E-state index in [1.807, 2.05) is 24.8 Å². The minimum absolute atomic E-state index is 0.0437. The molecule has 0 aromatic rings. The first-order chi connectivity index (χ1) is 10.7. The number of likely N-dealkylation sites (tertiary alicyclic amines) is 1. The van der Waals surface area contributed by atoms with E-state index in [0.29, 0.717) is 6.61 Å². The highest BCUT2D eigenvalue weighted by Crippen LogP contribution is 2.18. The smallest absolute Gasteiger partial charge is 0.309 e. The van der Waals surface area contributed by atoms with Crippen LogP contribution in [-0.4, -0.2) is 61.1 Å². The summed E-state index contributed by atoms with van der Waals surface area (Å²) in [4.78, 5) is 18.7. The van der Waals surface area contributed by atoms with E-state index in [1.165, 1.54) is 0 Å². The van der Waals surface area contributed by atoms with Gasteiger partial charge in [0.2, 0.25) is 0 Å². The lowest BCUT2D eigenvalue weighted by Crippen LogP contribution is -2.46. The van der Waals surface area contributed by atoms with Gasteiger partial charge in [0.25, 0.3) is 0 Å². The predicted molar refractivity (Wildman–Crippen MR) is 94.4 cm³/mol. The summed E-state index contributed by atoms with van der Waals surface area (Å²) in [5, 5.41) is 3.34. The molecule has 0 unspecified atom stereocenters. The molecular weight excluding hydrogens is 298 g/mol. The van der Waals surface area contributed by atoms with E-state index in [0.717, 1.165) is 56.5 Å². The molecule has 0 radical (unpaired) electrons. The minimum atomic E-state index is -0.0510. The molecule has 1 aliphatic rings. The van der Waals surface area contributed by atoms with Crippen molar-refractivity contribution >= 4 is 23.7 Å². The molecular formula is C16H29N3O2S. The molecule has 0 aromatic carbocycles. The first-order valence-electron chi connectivity index (χ1n) is 8.11. The van der Waals surface area contributed by atoms with Crippen LogP contribution >= 0.6 is 11.8 Å². The summed E-state index contributed by atoms with van der Waals surface area (Å²) in [6, 6.07) is 0. The maximum atomic E-state index is 11.8. The van der Waals surface area contributed by atoms with Gasteiger partial charge in [0, 0.05) is 31.1 Å². The Labute approximate surface area is 138 Å². The Hall–Kier alpha value is -1.17. The topological polar surface area (TPSA) is 53.9 Å². The van der Waals surface area contributed by atoms with Crippen LogP contribution in [0.15, 0.2) is 17.6 Å². The number of carbonyl (C=O) groups excluding carboxylic acids is 1. The quantitative estimate of drug-likeness (QED) is 0.243. The zero-order chi connectivity index (χ0) is 16.2. The van der Waals surface area contributed by atoms with Gasteiger partial charge in [-0.15, -0.1) is 6.58 Å². The molecule has 0 amide bonds. The molecule has 0 atom stereocenters. The van der Waals surface area contributed by atoms with Gasteiger partial charge in [-0.2, -0.15) is 11.8 Å². The largest absolute Gasteiger partial charge is 0.466 e. The summed E-state index contributed by atoms with van der Waals surface area (Å²) in [6.45, 7) is 11.5. The SMILES string of the molecule is C=CCSCCN=C(NCC)N1CCC(C(=O)OCC)CC1. The summed E-state index contributed by atoms with van der Waals surface area (Å²) in [5.74, 6) is 2.92. The summed E-state index contributed by atoms with van der Waals surface area (Å²) in [5.41, 5.74) is 0. The van der Waals surface area contributed by atoms with E-state index in [9.17, 15) is 4.79 Å². The Morgan fingerprint density at radius 1 is 1.45 bits per heavy atom. The van der Waals surface area contributed by atoms with Crippen LogP contribution in [0.2, 0.25) is 0 Å². The molecule has 0 saturated carbocycles. The van der Waals surface area contributed by atoms with Crippen LogP contribution in [0.5, 0.6) is 0 Å². The van der Waals surface area contributed by atoms with Crippen molar-refractivity contribution in [1.82, 2.24) is 10.2 Å². The van der Waals surface area contributed by atoms with E-state index >= 15 is 0 Å². The van der Waals surface area contributed by atoms with Crippen molar-refractivity contribution in [1.29, 1.82) is 0 Å². The highest BCUT2D eigenvalue weighted by Gasteiger charge is 2.27. The molecule has 126 valence electrons. The van der Waals surface area contributed by atoms with E-state index in [4.69, 9.17) is 4.74 Å². The first kappa shape index (κ1) is 18.9. The van der Waals surface area contributed by atoms with Crippen LogP contribution in [0.25, 0.3) is 0 Å². The third-order valence-corrected chi connectivity index (χ3v) is 4.42. The molecule has 0 aliphatic carbocycles. The number of piperidine rings is 1. The van der Waals surface area contributed by atoms with Crippen molar-refractivity contribution in [3.63, 3.8) is 0 Å². The number of esters is 1. The van der Waals surface area contributed by atoms with Crippen molar-refractivity contribution in [2.75, 3.05) is 44.3 Å². The number of nitrogens with zero attached hydrogens (tertiary/aromatic N) is 2. The van der Waals surface area contributed by atoms with Gasteiger partial charge in [0.05, 0.1) is 19.1 Å². The molecule has 1 saturated heterocycles. The maximum Gasteiger partial charge on any atom is 0.309 e. The van der Waals surface area contributed by atoms with E-state index < -0.39 is 0 Å². The third-order valence-electron chi connectivity index (χ3n) is 3.48. The van der Waals surface area contributed by atoms with Gasteiger partial charge >= 0.3 is 5.97 Å². The number of aliphatic imine (C=N–C) groups is 1. The number of hydrogen-bond acceptors (Lipinski definition) is 4. The standard InChI is InChI=1S/C16H29N3O2S/c1-4-12-22-13-9-18-16(17-5-2)19-10-7-14(8-11-19)15(20)21-6-3/h4,14H,1,5-13H2,2-3H3,(H,17,18). The van der Waals surface area contributed by atoms with Crippen molar-refractivity contribution in [3.8, 4) is 0 Å². The molecule has 1 fully saturated rings. The molecule has 0 spiro atoms. The highest BCUT2D eigenvalue weighted by molar-refractivity contribution is 7.99. The van der Waals surface area contributed by atoms with Gasteiger partial charge in [-0.25, -0.2) is 0 Å². The van der Waals surface area contributed by atoms with E-state index in [2.05, 4.69) is 28.7 Å². The Bertz CT molecular complexity index is 366. The monoisotopic (exact) mass is 327 g/mol. The lowest BCUT2D eigenvalue weighted by atomic mass is 9.97. The summed E-state index contributed by atoms with van der Waals surface area (Å²) in [7, 11) is 0. The van der Waals surface area contributed by atoms with Crippen LogP contribution in [0, 0.1) is 5.92 Å². The predicted octanol–water partition coefficient (Wildman–Crippen LogP) is 2.15. The third kappa shape index (κ3) is 6.73. The molecule has 1 rings (SSSR count). The van der Waals surface area contributed by atoms with E-state index in [1.54, 1.807) is 0 Å². The number of ether oxygens (including phenoxy) is 1. The lowest BCUT2D eigenvalue weighted by Gasteiger charge is -2.33. The second kappa shape index (κ2) is 11.4. The average molecular weight is 327 g/mol. The van der Waals surface area contributed by atoms with Gasteiger partial charge < -0.3 is 15.0 Å². The van der Waals surface area contributed by atoms with Gasteiger partial charge in [-0.1, -0.05) is 6.08 Å². The first-order valence-corrected chi connectivity index (χ1v) is 9.26. The van der Waals surface area contributed by atoms with Crippen LogP contribution in [-0.2, 0) is 9.53 Å². The summed E-state index contributed by atoms with van der Waals surface area (Å²) >= 11 is 1.84. The van der Waals surface area contributed by atoms with Gasteiger partial charge in [-0.05, 0) is 26.7 Å². The zero-order valence-corrected chi connectivity index (χ0v) is 14.7. The number of hydrogen-bond donors (Lipinski definition) is 1. The van der Waals surface area contributed by atoms with Gasteiger partial charge in [0.1, 0.15) is 0 Å². The molecule has 1 N–H and O–H groups in total. The molecule has 0 aromatic heterocycles. The fourth-order valence-corrected chi connectivity index (χ4v) is 2.95. The second-order valence-electron chi connectivity index (χ2n) is 5.11. The molecule has 0 bridgehead atoms. The Kier molecular flexibility index (Phi) is 9.79. The van der Waals surface area contributed by atoms with Crippen LogP contribution < -0.4 is 5.32 Å². The number of nitrogens with one attached hydrogen (secondary N) is 1. The maximum absolute atomic E-state index is 11.8. The normalized spacial score (nSPS) is 16.5. The summed E-state index contributed by atoms with van der Waals surface area (Å²) in [6.07, 6.45) is 3.60. The lowest BCUT2D eigenvalue weighted by molar-refractivity contribution is -0.149. The Balaban J connectivity index is 2.43. The molecule has 5 nitrogen and oxygen atoms in total. The zero-order valence-electron chi connectivity index (χ0n) is 13.8. The fraction of sp³-hybridized carbons (Fsp3) is 0.750. The number of guanidine groups is 1. The number of rotatable bonds is 8. The molecule has 1 heterocycles. The van der Waals surface area contributed by atoms with E-state index in [-0.39, 0.29) is 11.9 Å².